The van der Waals surface area contributed by atoms with E-state index in [0.717, 1.165) is 19.3 Å². The number of sulfone groups is 1. The van der Waals surface area contributed by atoms with Crippen LogP contribution in [0.4, 0.5) is 20.6 Å². The van der Waals surface area contributed by atoms with Crippen LogP contribution in [-0.2, 0) is 9.84 Å². The van der Waals surface area contributed by atoms with Gasteiger partial charge in [0.25, 0.3) is 0 Å². The van der Waals surface area contributed by atoms with Crippen molar-refractivity contribution < 1.29 is 22.7 Å². The summed E-state index contributed by atoms with van der Waals surface area (Å²) in [6.45, 7) is 1.52. The molecule has 6 nitrogen and oxygen atoms in total. The monoisotopic (exact) mass is 466 g/mol. The zero-order chi connectivity index (χ0) is 22.3. The Morgan fingerprint density at radius 2 is 1.71 bits per heavy atom. The quantitative estimate of drug-likeness (QED) is 0.519. The second kappa shape index (κ2) is 8.31. The molecule has 2 aromatic rings. The van der Waals surface area contributed by atoms with Gasteiger partial charge in [0.15, 0.2) is 15.6 Å². The zero-order valence-electron chi connectivity index (χ0n) is 17.0. The lowest BCUT2D eigenvalue weighted by Gasteiger charge is -2.28. The van der Waals surface area contributed by atoms with Crippen molar-refractivity contribution in [3.05, 3.63) is 46.7 Å². The van der Waals surface area contributed by atoms with Crippen molar-refractivity contribution in [1.29, 1.82) is 0 Å². The summed E-state index contributed by atoms with van der Waals surface area (Å²) >= 11 is 6.19. The number of carbonyl (C=O) groups excluding carboxylic acids is 1. The van der Waals surface area contributed by atoms with E-state index in [9.17, 15) is 22.7 Å². The molecule has 0 aliphatic heterocycles. The number of fused-ring (bicyclic) bond motifs is 2. The molecule has 2 aromatic carbocycles. The third-order valence-corrected chi connectivity index (χ3v) is 9.09. The van der Waals surface area contributed by atoms with Crippen LogP contribution in [0.2, 0.25) is 5.02 Å². The average molecular weight is 467 g/mol. The molecule has 0 radical (unpaired) electrons. The SMILES string of the molecule is Cc1c(F)cccc1NC(=O)Nc1ccc(Cl)c(S(=O)(=O)C2C[C@H]3CC[C@@H](C2)C3)c1O. The van der Waals surface area contributed by atoms with Crippen LogP contribution in [-0.4, -0.2) is 24.8 Å². The molecule has 2 fully saturated rings. The third-order valence-electron chi connectivity index (χ3n) is 6.41. The Kier molecular flexibility index (Phi) is 5.87. The summed E-state index contributed by atoms with van der Waals surface area (Å²) in [5.74, 6) is -0.277. The van der Waals surface area contributed by atoms with Gasteiger partial charge >= 0.3 is 6.03 Å². The van der Waals surface area contributed by atoms with Crippen LogP contribution >= 0.6 is 11.6 Å². The Hall–Kier alpha value is -2.32. The van der Waals surface area contributed by atoms with Crippen molar-refractivity contribution in [2.75, 3.05) is 10.6 Å². The topological polar surface area (TPSA) is 95.5 Å². The van der Waals surface area contributed by atoms with Crippen molar-refractivity contribution in [3.63, 3.8) is 0 Å². The molecule has 2 bridgehead atoms. The number of phenolic OH excluding ortho intramolecular Hbond substituents is 1. The van der Waals surface area contributed by atoms with Crippen LogP contribution in [0.5, 0.6) is 5.75 Å². The molecule has 2 aliphatic rings. The molecule has 0 saturated heterocycles. The van der Waals surface area contributed by atoms with Gasteiger partial charge in [-0.05, 0) is 62.3 Å². The Morgan fingerprint density at radius 3 is 2.39 bits per heavy atom. The number of carbonyl (C=O) groups is 1. The number of phenols is 1. The number of rotatable bonds is 4. The van der Waals surface area contributed by atoms with Gasteiger partial charge in [-0.25, -0.2) is 17.6 Å². The molecular weight excluding hydrogens is 443 g/mol. The molecule has 1 unspecified atom stereocenters. The van der Waals surface area contributed by atoms with E-state index in [4.69, 9.17) is 11.6 Å². The molecule has 2 amide bonds. The van der Waals surface area contributed by atoms with Gasteiger partial charge < -0.3 is 15.7 Å². The Bertz CT molecular complexity index is 1130. The molecule has 0 heterocycles. The molecule has 0 aromatic heterocycles. The highest BCUT2D eigenvalue weighted by Gasteiger charge is 2.42. The van der Waals surface area contributed by atoms with E-state index < -0.39 is 32.7 Å². The highest BCUT2D eigenvalue weighted by atomic mass is 35.5. The number of benzene rings is 2. The van der Waals surface area contributed by atoms with E-state index in [-0.39, 0.29) is 26.9 Å². The predicted molar refractivity (Wildman–Crippen MR) is 118 cm³/mol. The number of aromatic hydroxyl groups is 1. The van der Waals surface area contributed by atoms with Gasteiger partial charge in [0, 0.05) is 11.3 Å². The third kappa shape index (κ3) is 4.23. The van der Waals surface area contributed by atoms with Crippen LogP contribution in [0.3, 0.4) is 0 Å². The lowest BCUT2D eigenvalue weighted by atomic mass is 9.89. The van der Waals surface area contributed by atoms with Gasteiger partial charge in [0.1, 0.15) is 10.7 Å². The first-order chi connectivity index (χ1) is 14.7. The lowest BCUT2D eigenvalue weighted by Crippen LogP contribution is -2.29. The first kappa shape index (κ1) is 21.9. The summed E-state index contributed by atoms with van der Waals surface area (Å²) < 4.78 is 40.4. The Morgan fingerprint density at radius 1 is 1.06 bits per heavy atom. The number of hydrogen-bond donors (Lipinski definition) is 3. The minimum absolute atomic E-state index is 0.0812. The van der Waals surface area contributed by atoms with E-state index in [1.54, 1.807) is 0 Å². The number of hydrogen-bond acceptors (Lipinski definition) is 4. The largest absolute Gasteiger partial charge is 0.504 e. The van der Waals surface area contributed by atoms with Gasteiger partial charge in [0.05, 0.1) is 16.0 Å². The minimum Gasteiger partial charge on any atom is -0.504 e. The van der Waals surface area contributed by atoms with Crippen LogP contribution in [0.25, 0.3) is 0 Å². The molecule has 0 spiro atoms. The summed E-state index contributed by atoms with van der Waals surface area (Å²) in [6.07, 6.45) is 4.26. The summed E-state index contributed by atoms with van der Waals surface area (Å²) in [5, 5.41) is 15.0. The molecule has 2 saturated carbocycles. The van der Waals surface area contributed by atoms with Crippen LogP contribution in [0.1, 0.15) is 37.7 Å². The molecule has 2 aliphatic carbocycles. The maximum absolute atomic E-state index is 13.7. The molecule has 4 rings (SSSR count). The molecule has 166 valence electrons. The van der Waals surface area contributed by atoms with E-state index >= 15 is 0 Å². The first-order valence-corrected chi connectivity index (χ1v) is 12.2. The predicted octanol–water partition coefficient (Wildman–Crippen LogP) is 5.49. The summed E-state index contributed by atoms with van der Waals surface area (Å²) in [5.41, 5.74) is 0.429. The number of halogens is 2. The average Bonchev–Trinajstić information content (AvgIpc) is 3.05. The summed E-state index contributed by atoms with van der Waals surface area (Å²) in [6, 6.07) is 6.20. The second-order valence-corrected chi connectivity index (χ2v) is 11.0. The molecular formula is C22H24ClFN2O4S. The highest BCUT2D eigenvalue weighted by molar-refractivity contribution is 7.92. The van der Waals surface area contributed by atoms with Crippen LogP contribution < -0.4 is 10.6 Å². The Labute approximate surface area is 185 Å². The second-order valence-electron chi connectivity index (χ2n) is 8.45. The van der Waals surface area contributed by atoms with E-state index in [0.29, 0.717) is 24.7 Å². The smallest absolute Gasteiger partial charge is 0.323 e. The summed E-state index contributed by atoms with van der Waals surface area (Å²) in [4.78, 5) is 12.1. The van der Waals surface area contributed by atoms with Crippen molar-refractivity contribution in [2.45, 2.75) is 49.2 Å². The van der Waals surface area contributed by atoms with Crippen LogP contribution in [0.15, 0.2) is 35.2 Å². The first-order valence-electron chi connectivity index (χ1n) is 10.2. The van der Waals surface area contributed by atoms with Crippen molar-refractivity contribution in [3.8, 4) is 5.75 Å². The number of urea groups is 1. The van der Waals surface area contributed by atoms with Gasteiger partial charge in [-0.3, -0.25) is 0 Å². The highest BCUT2D eigenvalue weighted by Crippen LogP contribution is 2.47. The fourth-order valence-electron chi connectivity index (χ4n) is 4.80. The maximum atomic E-state index is 13.7. The van der Waals surface area contributed by atoms with Gasteiger partial charge in [0.2, 0.25) is 0 Å². The molecule has 3 atom stereocenters. The molecule has 31 heavy (non-hydrogen) atoms. The van der Waals surface area contributed by atoms with Gasteiger partial charge in [-0.2, -0.15) is 0 Å². The van der Waals surface area contributed by atoms with Crippen molar-refractivity contribution in [1.82, 2.24) is 0 Å². The minimum atomic E-state index is -3.88. The zero-order valence-corrected chi connectivity index (χ0v) is 18.6. The van der Waals surface area contributed by atoms with E-state index in [1.165, 1.54) is 37.3 Å². The van der Waals surface area contributed by atoms with E-state index in [1.807, 2.05) is 0 Å². The normalized spacial score (nSPS) is 22.9. The summed E-state index contributed by atoms with van der Waals surface area (Å²) in [7, 11) is -3.88. The fourth-order valence-corrected chi connectivity index (χ4v) is 7.38. The van der Waals surface area contributed by atoms with E-state index in [2.05, 4.69) is 10.6 Å². The Balaban J connectivity index is 1.59. The van der Waals surface area contributed by atoms with Crippen LogP contribution in [0, 0.1) is 24.6 Å². The van der Waals surface area contributed by atoms with Crippen molar-refractivity contribution in [2.24, 2.45) is 11.8 Å². The molecule has 3 N–H and O–H groups in total. The standard InChI is InChI=1S/C22H24ClFN2O4S/c1-12-17(24)3-2-4-18(12)25-22(28)26-19-8-7-16(23)21(20(19)27)31(29,30)15-10-13-5-6-14(9-13)11-15/h2-4,7-8,13-15,27H,5-6,9-11H2,1H3,(H2,25,26,28)/t13-,14+,15?. The number of anilines is 2. The number of nitrogens with one attached hydrogen (secondary N) is 2. The molecule has 9 heteroatoms. The fraction of sp³-hybridized carbons (Fsp3) is 0.409. The van der Waals surface area contributed by atoms with Gasteiger partial charge in [-0.1, -0.05) is 30.5 Å². The van der Waals surface area contributed by atoms with Crippen molar-refractivity contribution >= 4 is 38.8 Å². The number of amides is 2. The van der Waals surface area contributed by atoms with Gasteiger partial charge in [-0.15, -0.1) is 0 Å². The lowest BCUT2D eigenvalue weighted by molar-refractivity contribution is 0.262. The maximum Gasteiger partial charge on any atom is 0.323 e.